The van der Waals surface area contributed by atoms with Crippen molar-refractivity contribution < 1.29 is 72.2 Å². The number of benzene rings is 2. The Morgan fingerprint density at radius 3 is 1.48 bits per heavy atom. The van der Waals surface area contributed by atoms with E-state index in [9.17, 15) is 62.3 Å². The maximum Gasteiger partial charge on any atom is 0.300 e. The lowest BCUT2D eigenvalue weighted by atomic mass is 10.0. The number of carbonyl (C=O) groups is 14. The van der Waals surface area contributed by atoms with Gasteiger partial charge in [-0.1, -0.05) is 74.5 Å². The molecule has 2 heterocycles. The Morgan fingerprint density at radius 2 is 1.01 bits per heavy atom. The van der Waals surface area contributed by atoms with Crippen molar-refractivity contribution in [1.29, 1.82) is 0 Å². The van der Waals surface area contributed by atoms with Gasteiger partial charge in [0.2, 0.25) is 76.8 Å². The van der Waals surface area contributed by atoms with E-state index in [-0.39, 0.29) is 83.0 Å². The number of guanidine groups is 1. The van der Waals surface area contributed by atoms with Crippen molar-refractivity contribution in [3.05, 3.63) is 71.8 Å². The summed E-state index contributed by atoms with van der Waals surface area (Å²) in [6, 6.07) is 4.51. The van der Waals surface area contributed by atoms with Gasteiger partial charge in [0, 0.05) is 52.2 Å². The van der Waals surface area contributed by atoms with E-state index in [1.54, 1.807) is 60.7 Å². The van der Waals surface area contributed by atoms with E-state index in [2.05, 4.69) is 47.5 Å². The third-order valence-electron chi connectivity index (χ3n) is 16.0. The standard InChI is InChI=1S/C63H98N18O13S.C2H4O2/c1-37(2)33-45(57(89)74-41(53(68)85)27-32-95-3)73-52(84)36-72-54(86)46(34-38-15-6-4-7-16-38)78-58(90)47(35-39-17-8-5-9-18-39)79-56(88)42(23-25-50(66)82)75-55(87)43(24-26-51(67)83)76-59(91)49-22-14-31-81(49)62(94)44(20-10-11-28-64)77-60(92)48-21-13-30-80(48)61(93)40(65)19-12-29-71-63(69)70;1-2(3)4/h4-9,15-18,37,40-49H,10-14,19-36,64-65H2,1-3H3,(H2,66,82)(H2,67,83)(H2,68,85)(H,72,86)(H,73,84)(H,74,89)(H,75,87)(H,76,91)(H,77,92)(H,78,90)(H,79,88)(H4,69,70,71);1H3,(H,3,4). The van der Waals surface area contributed by atoms with Crippen molar-refractivity contribution in [1.82, 2.24) is 52.3 Å². The highest BCUT2D eigenvalue weighted by atomic mass is 32.2. The second-order valence-corrected chi connectivity index (χ2v) is 25.6. The molecule has 2 aliphatic heterocycles. The van der Waals surface area contributed by atoms with Crippen LogP contribution in [0.1, 0.15) is 128 Å². The molecule has 23 N–H and O–H groups in total. The number of amides is 13. The first-order valence-corrected chi connectivity index (χ1v) is 34.5. The number of carboxylic acids is 1. The average molecular weight is 1410 g/mol. The number of carboxylic acid groups (broad SMARTS) is 1. The SMILES string of the molecule is CC(=O)O.CSCCC(NC(=O)C(CC(C)C)NC(=O)CNC(=O)C(Cc1ccccc1)NC(=O)C(Cc1ccccc1)NC(=O)C(CCC(N)=O)NC(=O)C(CCC(N)=O)NC(=O)C1CCCN1C(=O)C(CCCCN)NC(=O)C1CCCN1C(=O)C(N)CCCN=C(N)N)C(N)=O. The molecule has 99 heavy (non-hydrogen) atoms. The van der Waals surface area contributed by atoms with Crippen molar-refractivity contribution >= 4 is 100 Å². The van der Waals surface area contributed by atoms with E-state index in [1.807, 2.05) is 20.1 Å². The zero-order valence-electron chi connectivity index (χ0n) is 56.8. The molecule has 0 aromatic heterocycles. The van der Waals surface area contributed by atoms with Crippen molar-refractivity contribution in [2.75, 3.05) is 44.7 Å². The average Bonchev–Trinajstić information content (AvgIpc) is 1.72. The second-order valence-electron chi connectivity index (χ2n) is 24.6. The van der Waals surface area contributed by atoms with Gasteiger partial charge in [-0.05, 0) is 119 Å². The van der Waals surface area contributed by atoms with E-state index >= 15 is 0 Å². The number of nitrogens with one attached hydrogen (secondary N) is 8. The van der Waals surface area contributed by atoms with Crippen molar-refractivity contribution in [3.8, 4) is 0 Å². The van der Waals surface area contributed by atoms with Crippen molar-refractivity contribution in [2.24, 2.45) is 51.0 Å². The summed E-state index contributed by atoms with van der Waals surface area (Å²) in [7, 11) is 0. The minimum absolute atomic E-state index is 0.0736. The molecular formula is C65H102N18O15S. The third-order valence-corrected chi connectivity index (χ3v) is 16.7. The molecule has 13 amide bonds. The van der Waals surface area contributed by atoms with E-state index in [0.717, 1.165) is 6.92 Å². The Balaban J connectivity index is 0.00000619. The van der Waals surface area contributed by atoms with Gasteiger partial charge in [0.25, 0.3) is 5.97 Å². The van der Waals surface area contributed by atoms with Gasteiger partial charge in [-0.15, -0.1) is 0 Å². The molecule has 33 nitrogen and oxygen atoms in total. The summed E-state index contributed by atoms with van der Waals surface area (Å²) in [5.41, 5.74) is 40.6. The number of rotatable bonds is 42. The van der Waals surface area contributed by atoms with Crippen LogP contribution in [0.3, 0.4) is 0 Å². The van der Waals surface area contributed by atoms with Gasteiger partial charge in [0.15, 0.2) is 5.96 Å². The van der Waals surface area contributed by atoms with Crippen molar-refractivity contribution in [2.45, 2.75) is 190 Å². The summed E-state index contributed by atoms with van der Waals surface area (Å²) in [6.45, 7) is 4.95. The lowest BCUT2D eigenvalue weighted by Gasteiger charge is -2.32. The third kappa shape index (κ3) is 31.3. The quantitative estimate of drug-likeness (QED) is 0.0173. The zero-order valence-corrected chi connectivity index (χ0v) is 57.7. The first kappa shape index (κ1) is 83.8. The van der Waals surface area contributed by atoms with Gasteiger partial charge in [-0.2, -0.15) is 11.8 Å². The van der Waals surface area contributed by atoms with Crippen LogP contribution in [-0.2, 0) is 80.0 Å². The van der Waals surface area contributed by atoms with Crippen LogP contribution in [0.25, 0.3) is 0 Å². The van der Waals surface area contributed by atoms with Crippen LogP contribution in [0, 0.1) is 5.92 Å². The lowest BCUT2D eigenvalue weighted by Crippen LogP contribution is -2.60. The predicted molar refractivity (Wildman–Crippen MR) is 369 cm³/mol. The molecule has 10 unspecified atom stereocenters. The number of carbonyl (C=O) groups excluding carboxylic acids is 13. The van der Waals surface area contributed by atoms with Crippen LogP contribution in [0.4, 0.5) is 0 Å². The van der Waals surface area contributed by atoms with Crippen LogP contribution in [0.15, 0.2) is 65.7 Å². The second kappa shape index (κ2) is 44.5. The molecule has 0 saturated carbocycles. The molecule has 2 aliphatic rings. The van der Waals surface area contributed by atoms with Crippen LogP contribution < -0.4 is 82.7 Å². The molecule has 0 radical (unpaired) electrons. The van der Waals surface area contributed by atoms with E-state index < -0.39 is 175 Å². The van der Waals surface area contributed by atoms with Gasteiger partial charge in [0.05, 0.1) is 12.6 Å². The Morgan fingerprint density at radius 1 is 0.556 bits per heavy atom. The van der Waals surface area contributed by atoms with Gasteiger partial charge in [0.1, 0.15) is 54.4 Å². The lowest BCUT2D eigenvalue weighted by molar-refractivity contribution is -0.144. The first-order chi connectivity index (χ1) is 47.0. The monoisotopic (exact) mass is 1410 g/mol. The van der Waals surface area contributed by atoms with Crippen LogP contribution >= 0.6 is 11.8 Å². The topological polar surface area (TPSA) is 556 Å². The Kier molecular flexibility index (Phi) is 37.6. The van der Waals surface area contributed by atoms with Crippen LogP contribution in [-0.4, -0.2) is 209 Å². The number of nitrogens with two attached hydrogens (primary N) is 7. The molecule has 2 aromatic rings. The predicted octanol–water partition coefficient (Wildman–Crippen LogP) is -3.62. The molecule has 0 spiro atoms. The summed E-state index contributed by atoms with van der Waals surface area (Å²) >= 11 is 1.45. The zero-order chi connectivity index (χ0) is 73.7. The van der Waals surface area contributed by atoms with E-state index in [0.29, 0.717) is 55.4 Å². The molecule has 2 fully saturated rings. The van der Waals surface area contributed by atoms with Crippen molar-refractivity contribution in [3.63, 3.8) is 0 Å². The Bertz CT molecular complexity index is 3070. The summed E-state index contributed by atoms with van der Waals surface area (Å²) in [5, 5.41) is 28.5. The molecular weight excluding hydrogens is 1300 g/mol. The molecule has 4 rings (SSSR count). The van der Waals surface area contributed by atoms with Gasteiger partial charge < -0.3 is 97.6 Å². The molecule has 34 heteroatoms. The summed E-state index contributed by atoms with van der Waals surface area (Å²) in [6.07, 6.45) is 3.12. The summed E-state index contributed by atoms with van der Waals surface area (Å²) < 4.78 is 0. The van der Waals surface area contributed by atoms with E-state index in [1.165, 1.54) is 21.6 Å². The summed E-state index contributed by atoms with van der Waals surface area (Å²) in [5.74, 6) is -10.6. The highest BCUT2D eigenvalue weighted by molar-refractivity contribution is 7.98. The first-order valence-electron chi connectivity index (χ1n) is 33.1. The number of nitrogens with zero attached hydrogens (tertiary/aromatic N) is 3. The normalized spacial score (nSPS) is 16.4. The number of aliphatic imine (C=N–C) groups is 1. The van der Waals surface area contributed by atoms with Gasteiger partial charge >= 0.3 is 0 Å². The number of likely N-dealkylation sites (tertiary alicyclic amines) is 2. The van der Waals surface area contributed by atoms with E-state index in [4.69, 9.17) is 50.0 Å². The fraction of sp³-hybridized carbons (Fsp3) is 0.585. The molecule has 10 atom stereocenters. The van der Waals surface area contributed by atoms with Gasteiger partial charge in [-0.3, -0.25) is 72.1 Å². The number of aliphatic carboxylic acids is 1. The number of unbranched alkanes of at least 4 members (excludes halogenated alkanes) is 1. The highest BCUT2D eigenvalue weighted by Crippen LogP contribution is 2.24. The van der Waals surface area contributed by atoms with Gasteiger partial charge in [-0.25, -0.2) is 0 Å². The maximum atomic E-state index is 14.7. The molecule has 2 saturated heterocycles. The number of hydrogen-bond donors (Lipinski definition) is 16. The minimum Gasteiger partial charge on any atom is -0.481 e. The smallest absolute Gasteiger partial charge is 0.300 e. The number of primary amides is 3. The van der Waals surface area contributed by atoms with Crippen LogP contribution in [0.5, 0.6) is 0 Å². The highest BCUT2D eigenvalue weighted by Gasteiger charge is 2.42. The minimum atomic E-state index is -1.64. The maximum absolute atomic E-state index is 14.7. The molecule has 548 valence electrons. The Hall–Kier alpha value is -9.44. The molecule has 2 aromatic carbocycles. The Labute approximate surface area is 580 Å². The fourth-order valence-electron chi connectivity index (χ4n) is 11.0. The molecule has 0 bridgehead atoms. The molecule has 0 aliphatic carbocycles. The number of hydrogen-bond acceptors (Lipinski definition) is 18. The largest absolute Gasteiger partial charge is 0.481 e. The fourth-order valence-corrected chi connectivity index (χ4v) is 11.5. The number of thioether (sulfide) groups is 1. The summed E-state index contributed by atoms with van der Waals surface area (Å²) in [4.78, 5) is 194. The van der Waals surface area contributed by atoms with Crippen LogP contribution in [0.2, 0.25) is 0 Å².